The van der Waals surface area contributed by atoms with Crippen molar-refractivity contribution in [2.24, 2.45) is 5.92 Å². The fourth-order valence-electron chi connectivity index (χ4n) is 3.00. The standard InChI is InChI=1S/C25H26N4O3/c1-17(2)25(4,16-26)27-22(30)15-32-24(31)21-14-29(20-8-6-5-7-9-20)28-23(21)19-12-10-18(3)11-13-19/h5-14,17H,15H2,1-4H3,(H,27,30)/t25-/m0/s1. The van der Waals surface area contributed by atoms with Crippen LogP contribution in [0.1, 0.15) is 36.7 Å². The first-order valence-electron chi connectivity index (χ1n) is 10.3. The van der Waals surface area contributed by atoms with Crippen LogP contribution >= 0.6 is 0 Å². The molecule has 0 radical (unpaired) electrons. The lowest BCUT2D eigenvalue weighted by molar-refractivity contribution is -0.125. The van der Waals surface area contributed by atoms with Gasteiger partial charge >= 0.3 is 5.97 Å². The van der Waals surface area contributed by atoms with Crippen molar-refractivity contribution in [2.45, 2.75) is 33.2 Å². The lowest BCUT2D eigenvalue weighted by Crippen LogP contribution is -2.50. The zero-order chi connectivity index (χ0) is 23.3. The molecule has 0 aliphatic rings. The minimum absolute atomic E-state index is 0.107. The van der Waals surface area contributed by atoms with Gasteiger partial charge < -0.3 is 10.1 Å². The van der Waals surface area contributed by atoms with Crippen molar-refractivity contribution >= 4 is 11.9 Å². The van der Waals surface area contributed by atoms with Gasteiger partial charge in [-0.25, -0.2) is 9.48 Å². The van der Waals surface area contributed by atoms with E-state index in [4.69, 9.17) is 4.74 Å². The van der Waals surface area contributed by atoms with Crippen molar-refractivity contribution in [1.29, 1.82) is 5.26 Å². The third-order valence-electron chi connectivity index (χ3n) is 5.40. The molecule has 1 atom stereocenters. The van der Waals surface area contributed by atoms with Gasteiger partial charge in [0, 0.05) is 11.8 Å². The number of nitrogens with zero attached hydrogens (tertiary/aromatic N) is 3. The van der Waals surface area contributed by atoms with Crippen molar-refractivity contribution in [3.05, 3.63) is 71.9 Å². The van der Waals surface area contributed by atoms with E-state index < -0.39 is 24.0 Å². The van der Waals surface area contributed by atoms with Gasteiger partial charge in [-0.3, -0.25) is 4.79 Å². The monoisotopic (exact) mass is 430 g/mol. The molecule has 2 aromatic carbocycles. The number of ether oxygens (including phenoxy) is 1. The molecule has 1 aromatic heterocycles. The molecule has 0 aliphatic heterocycles. The first kappa shape index (κ1) is 22.8. The fourth-order valence-corrected chi connectivity index (χ4v) is 3.00. The Morgan fingerprint density at radius 1 is 1.16 bits per heavy atom. The first-order valence-corrected chi connectivity index (χ1v) is 10.3. The molecule has 1 N–H and O–H groups in total. The van der Waals surface area contributed by atoms with E-state index >= 15 is 0 Å². The summed E-state index contributed by atoms with van der Waals surface area (Å²) in [6, 6.07) is 19.2. The average Bonchev–Trinajstić information content (AvgIpc) is 3.24. The highest BCUT2D eigenvalue weighted by Crippen LogP contribution is 2.25. The molecule has 7 nitrogen and oxygen atoms in total. The molecule has 0 bridgehead atoms. The normalized spacial score (nSPS) is 12.6. The quantitative estimate of drug-likeness (QED) is 0.570. The highest BCUT2D eigenvalue weighted by molar-refractivity contribution is 5.97. The molecule has 0 saturated heterocycles. The molecule has 7 heteroatoms. The second kappa shape index (κ2) is 9.48. The number of amides is 1. The van der Waals surface area contributed by atoms with Crippen LogP contribution in [0.3, 0.4) is 0 Å². The summed E-state index contributed by atoms with van der Waals surface area (Å²) in [5, 5.41) is 16.6. The number of carbonyl (C=O) groups excluding carboxylic acids is 2. The zero-order valence-corrected chi connectivity index (χ0v) is 18.6. The van der Waals surface area contributed by atoms with Crippen molar-refractivity contribution in [3.63, 3.8) is 0 Å². The minimum atomic E-state index is -1.05. The molecule has 3 aromatic rings. The number of carbonyl (C=O) groups is 2. The summed E-state index contributed by atoms with van der Waals surface area (Å²) < 4.78 is 6.89. The van der Waals surface area contributed by atoms with E-state index in [9.17, 15) is 14.9 Å². The van der Waals surface area contributed by atoms with Gasteiger partial charge in [-0.15, -0.1) is 0 Å². The second-order valence-corrected chi connectivity index (χ2v) is 8.13. The number of aromatic nitrogens is 2. The van der Waals surface area contributed by atoms with Gasteiger partial charge in [0.05, 0.1) is 11.8 Å². The van der Waals surface area contributed by atoms with Gasteiger partial charge in [-0.05, 0) is 31.9 Å². The number of nitriles is 1. The van der Waals surface area contributed by atoms with Gasteiger partial charge in [0.15, 0.2) is 6.61 Å². The van der Waals surface area contributed by atoms with Crippen molar-refractivity contribution in [2.75, 3.05) is 6.61 Å². The molecule has 32 heavy (non-hydrogen) atoms. The Hall–Kier alpha value is -3.92. The third-order valence-corrected chi connectivity index (χ3v) is 5.40. The van der Waals surface area contributed by atoms with Crippen LogP contribution in [0.4, 0.5) is 0 Å². The summed E-state index contributed by atoms with van der Waals surface area (Å²) in [4.78, 5) is 25.2. The minimum Gasteiger partial charge on any atom is -0.452 e. The summed E-state index contributed by atoms with van der Waals surface area (Å²) in [6.45, 7) is 6.79. The summed E-state index contributed by atoms with van der Waals surface area (Å²) in [5.41, 5.74) is 2.30. The maximum atomic E-state index is 12.9. The average molecular weight is 431 g/mol. The van der Waals surface area contributed by atoms with Crippen LogP contribution in [0, 0.1) is 24.2 Å². The van der Waals surface area contributed by atoms with Crippen molar-refractivity contribution < 1.29 is 14.3 Å². The van der Waals surface area contributed by atoms with Crippen LogP contribution in [0.2, 0.25) is 0 Å². The first-order chi connectivity index (χ1) is 15.2. The molecule has 0 aliphatic carbocycles. The van der Waals surface area contributed by atoms with E-state index in [1.165, 1.54) is 0 Å². The Kier molecular flexibility index (Phi) is 6.74. The third kappa shape index (κ3) is 5.03. The van der Waals surface area contributed by atoms with Crippen LogP contribution in [0.25, 0.3) is 16.9 Å². The van der Waals surface area contributed by atoms with Gasteiger partial charge in [0.25, 0.3) is 5.91 Å². The highest BCUT2D eigenvalue weighted by Gasteiger charge is 2.30. The molecular weight excluding hydrogens is 404 g/mol. The van der Waals surface area contributed by atoms with Gasteiger partial charge in [0.1, 0.15) is 16.8 Å². The smallest absolute Gasteiger partial charge is 0.342 e. The predicted octanol–water partition coefficient (Wildman–Crippen LogP) is 4.06. The molecule has 0 fully saturated rings. The molecule has 0 saturated carbocycles. The van der Waals surface area contributed by atoms with Gasteiger partial charge in [0.2, 0.25) is 0 Å². The van der Waals surface area contributed by atoms with Gasteiger partial charge in [-0.1, -0.05) is 61.9 Å². The summed E-state index contributed by atoms with van der Waals surface area (Å²) >= 11 is 0. The fraction of sp³-hybridized carbons (Fsp3) is 0.280. The van der Waals surface area contributed by atoms with E-state index in [0.717, 1.165) is 16.8 Å². The number of hydrogen-bond acceptors (Lipinski definition) is 5. The van der Waals surface area contributed by atoms with Crippen LogP contribution < -0.4 is 5.32 Å². The Morgan fingerprint density at radius 3 is 2.41 bits per heavy atom. The number of para-hydroxylation sites is 1. The Bertz CT molecular complexity index is 1140. The number of aryl methyl sites for hydroxylation is 1. The number of hydrogen-bond donors (Lipinski definition) is 1. The SMILES string of the molecule is Cc1ccc(-c2nn(-c3ccccc3)cc2C(=O)OCC(=O)N[C@@](C)(C#N)C(C)C)cc1. The molecule has 0 unspecified atom stereocenters. The summed E-state index contributed by atoms with van der Waals surface area (Å²) in [6.07, 6.45) is 1.60. The summed E-state index contributed by atoms with van der Waals surface area (Å²) in [5.74, 6) is -1.31. The van der Waals surface area contributed by atoms with Crippen LogP contribution in [0.5, 0.6) is 0 Å². The molecule has 0 spiro atoms. The van der Waals surface area contributed by atoms with E-state index in [1.807, 2.05) is 75.4 Å². The molecule has 1 heterocycles. The number of rotatable bonds is 7. The Labute approximate surface area is 187 Å². The largest absolute Gasteiger partial charge is 0.452 e. The maximum Gasteiger partial charge on any atom is 0.342 e. The predicted molar refractivity (Wildman–Crippen MR) is 121 cm³/mol. The van der Waals surface area contributed by atoms with Crippen molar-refractivity contribution in [1.82, 2.24) is 15.1 Å². The lowest BCUT2D eigenvalue weighted by atomic mass is 9.90. The van der Waals surface area contributed by atoms with Crippen LogP contribution in [0.15, 0.2) is 60.8 Å². The van der Waals surface area contributed by atoms with Crippen LogP contribution in [-0.4, -0.2) is 33.8 Å². The highest BCUT2D eigenvalue weighted by atomic mass is 16.5. The Balaban J connectivity index is 1.85. The molecule has 164 valence electrons. The molecular formula is C25H26N4O3. The van der Waals surface area contributed by atoms with E-state index in [0.29, 0.717) is 5.69 Å². The number of esters is 1. The van der Waals surface area contributed by atoms with E-state index in [1.54, 1.807) is 17.8 Å². The van der Waals surface area contributed by atoms with Crippen molar-refractivity contribution in [3.8, 4) is 23.0 Å². The molecule has 3 rings (SSSR count). The number of nitrogens with one attached hydrogen (secondary N) is 1. The maximum absolute atomic E-state index is 12.9. The zero-order valence-electron chi connectivity index (χ0n) is 18.6. The van der Waals surface area contributed by atoms with Crippen LogP contribution in [-0.2, 0) is 9.53 Å². The topological polar surface area (TPSA) is 97.0 Å². The Morgan fingerprint density at radius 2 is 1.81 bits per heavy atom. The molecule has 1 amide bonds. The van der Waals surface area contributed by atoms with E-state index in [2.05, 4.69) is 16.5 Å². The lowest BCUT2D eigenvalue weighted by Gasteiger charge is -2.27. The van der Waals surface area contributed by atoms with Gasteiger partial charge in [-0.2, -0.15) is 10.4 Å². The second-order valence-electron chi connectivity index (χ2n) is 8.13. The summed E-state index contributed by atoms with van der Waals surface area (Å²) in [7, 11) is 0. The number of benzene rings is 2. The van der Waals surface area contributed by atoms with E-state index in [-0.39, 0.29) is 11.5 Å².